The van der Waals surface area contributed by atoms with E-state index in [-0.39, 0.29) is 30.6 Å². The van der Waals surface area contributed by atoms with Gasteiger partial charge in [0.1, 0.15) is 12.0 Å². The first-order valence-electron chi connectivity index (χ1n) is 9.20. The number of methoxy groups -OCH3 is 1. The molecule has 1 saturated heterocycles. The van der Waals surface area contributed by atoms with Crippen molar-refractivity contribution in [1.29, 1.82) is 0 Å². The predicted octanol–water partition coefficient (Wildman–Crippen LogP) is 2.27. The number of azide groups is 1. The molecular formula is C19H20N6O5. The van der Waals surface area contributed by atoms with Gasteiger partial charge in [0.15, 0.2) is 0 Å². The van der Waals surface area contributed by atoms with Crippen molar-refractivity contribution in [2.24, 2.45) is 11.0 Å². The summed E-state index contributed by atoms with van der Waals surface area (Å²) in [5.41, 5.74) is 8.38. The first kappa shape index (κ1) is 21.0. The Bertz CT molecular complexity index is 1020. The average molecular weight is 412 g/mol. The highest BCUT2D eigenvalue weighted by molar-refractivity contribution is 6.03. The average Bonchev–Trinajstić information content (AvgIpc) is 3.14. The van der Waals surface area contributed by atoms with Gasteiger partial charge >= 0.3 is 11.7 Å². The second kappa shape index (κ2) is 9.68. The number of carbonyl (C=O) groups is 2. The van der Waals surface area contributed by atoms with E-state index in [2.05, 4.69) is 20.3 Å². The van der Waals surface area contributed by atoms with Crippen LogP contribution in [0.5, 0.6) is 0 Å². The Kier molecular flexibility index (Phi) is 6.79. The van der Waals surface area contributed by atoms with Gasteiger partial charge in [0.05, 0.1) is 26.2 Å². The number of benzene rings is 1. The number of ether oxygens (including phenoxy) is 2. The summed E-state index contributed by atoms with van der Waals surface area (Å²) in [4.78, 5) is 43.0. The lowest BCUT2D eigenvalue weighted by atomic mass is 9.97. The third-order valence-electron chi connectivity index (χ3n) is 4.76. The maximum atomic E-state index is 12.5. The summed E-state index contributed by atoms with van der Waals surface area (Å²) in [6.45, 7) is 0.0298. The standard InChI is InChI=1S/C19H20N6O5/c1-29-17(26)10-13-9-16(30-14(13)11-21-24-20)25-8-7-15(23-19(25)28)22-18(27)12-5-3-2-4-6-12/h2-8,13-14,16H,9-11H2,1H3,(H,22,23,27,28)/t13-,14-,16-/m1/s1. The zero-order chi connectivity index (χ0) is 21.5. The summed E-state index contributed by atoms with van der Waals surface area (Å²) < 4.78 is 11.8. The van der Waals surface area contributed by atoms with Crippen LogP contribution in [-0.2, 0) is 14.3 Å². The Hall–Kier alpha value is -3.69. The molecule has 1 aromatic carbocycles. The summed E-state index contributed by atoms with van der Waals surface area (Å²) >= 11 is 0. The van der Waals surface area contributed by atoms with Crippen LogP contribution in [0.15, 0.2) is 52.5 Å². The third kappa shape index (κ3) is 5.02. The number of nitrogens with one attached hydrogen (secondary N) is 1. The Balaban J connectivity index is 1.74. The SMILES string of the molecule is COC(=O)C[C@H]1C[C@H](n2ccc(NC(=O)c3ccccc3)nc2=O)O[C@@H]1CN=[N+]=[N-]. The summed E-state index contributed by atoms with van der Waals surface area (Å²) in [6.07, 6.45) is 0.669. The molecule has 0 aliphatic carbocycles. The van der Waals surface area contributed by atoms with Crippen molar-refractivity contribution in [2.75, 3.05) is 19.0 Å². The van der Waals surface area contributed by atoms with Gasteiger partial charge in [-0.1, -0.05) is 23.3 Å². The molecule has 0 unspecified atom stereocenters. The molecule has 11 nitrogen and oxygen atoms in total. The molecular weight excluding hydrogens is 392 g/mol. The summed E-state index contributed by atoms with van der Waals surface area (Å²) in [7, 11) is 1.29. The molecule has 2 aromatic rings. The van der Waals surface area contributed by atoms with Crippen molar-refractivity contribution in [3.63, 3.8) is 0 Å². The minimum atomic E-state index is -0.683. The van der Waals surface area contributed by atoms with Gasteiger partial charge in [0.2, 0.25) is 0 Å². The summed E-state index contributed by atoms with van der Waals surface area (Å²) in [5, 5.41) is 6.09. The molecule has 1 aliphatic heterocycles. The minimum Gasteiger partial charge on any atom is -0.469 e. The second-order valence-corrected chi connectivity index (χ2v) is 6.64. The van der Waals surface area contributed by atoms with E-state index >= 15 is 0 Å². The molecule has 0 radical (unpaired) electrons. The lowest BCUT2D eigenvalue weighted by Crippen LogP contribution is -2.28. The molecule has 30 heavy (non-hydrogen) atoms. The Labute approximate surface area is 171 Å². The number of hydrogen-bond acceptors (Lipinski definition) is 7. The van der Waals surface area contributed by atoms with Crippen LogP contribution in [0.3, 0.4) is 0 Å². The monoisotopic (exact) mass is 412 g/mol. The molecule has 1 fully saturated rings. The minimum absolute atomic E-state index is 0.0298. The van der Waals surface area contributed by atoms with Gasteiger partial charge in [0, 0.05) is 22.6 Å². The van der Waals surface area contributed by atoms with Crippen LogP contribution in [0, 0.1) is 5.92 Å². The number of aromatic nitrogens is 2. The van der Waals surface area contributed by atoms with Crippen LogP contribution in [-0.4, -0.2) is 41.2 Å². The highest BCUT2D eigenvalue weighted by Gasteiger charge is 2.37. The van der Waals surface area contributed by atoms with Gasteiger partial charge in [-0.15, -0.1) is 0 Å². The molecule has 11 heteroatoms. The second-order valence-electron chi connectivity index (χ2n) is 6.64. The Morgan fingerprint density at radius 1 is 1.37 bits per heavy atom. The Morgan fingerprint density at radius 3 is 2.80 bits per heavy atom. The summed E-state index contributed by atoms with van der Waals surface area (Å²) in [6, 6.07) is 10.0. The van der Waals surface area contributed by atoms with E-state index in [1.807, 2.05) is 0 Å². The molecule has 1 N–H and O–H groups in total. The Morgan fingerprint density at radius 2 is 2.13 bits per heavy atom. The first-order chi connectivity index (χ1) is 14.5. The largest absolute Gasteiger partial charge is 0.469 e. The van der Waals surface area contributed by atoms with Gasteiger partial charge in [-0.3, -0.25) is 14.2 Å². The molecule has 1 aromatic heterocycles. The maximum Gasteiger partial charge on any atom is 0.351 e. The lowest BCUT2D eigenvalue weighted by Gasteiger charge is -2.15. The number of amides is 1. The van der Waals surface area contributed by atoms with Gasteiger partial charge in [0.25, 0.3) is 5.91 Å². The van der Waals surface area contributed by atoms with E-state index in [1.165, 1.54) is 23.9 Å². The van der Waals surface area contributed by atoms with E-state index in [0.29, 0.717) is 12.0 Å². The molecule has 0 saturated carbocycles. The van der Waals surface area contributed by atoms with Crippen molar-refractivity contribution in [3.8, 4) is 0 Å². The van der Waals surface area contributed by atoms with Gasteiger partial charge in [-0.2, -0.15) is 4.98 Å². The highest BCUT2D eigenvalue weighted by atomic mass is 16.5. The van der Waals surface area contributed by atoms with Crippen LogP contribution < -0.4 is 11.0 Å². The van der Waals surface area contributed by atoms with Crippen molar-refractivity contribution >= 4 is 17.7 Å². The number of anilines is 1. The molecule has 1 amide bonds. The van der Waals surface area contributed by atoms with Crippen LogP contribution >= 0.6 is 0 Å². The first-order valence-corrected chi connectivity index (χ1v) is 9.20. The molecule has 3 rings (SSSR count). The predicted molar refractivity (Wildman–Crippen MR) is 106 cm³/mol. The van der Waals surface area contributed by atoms with Gasteiger partial charge < -0.3 is 14.8 Å². The number of rotatable bonds is 7. The van der Waals surface area contributed by atoms with Crippen molar-refractivity contribution in [3.05, 3.63) is 69.1 Å². The third-order valence-corrected chi connectivity index (χ3v) is 4.76. The van der Waals surface area contributed by atoms with E-state index < -0.39 is 24.0 Å². The number of hydrogen-bond donors (Lipinski definition) is 1. The fraction of sp³-hybridized carbons (Fsp3) is 0.368. The van der Waals surface area contributed by atoms with E-state index in [9.17, 15) is 14.4 Å². The number of carbonyl (C=O) groups excluding carboxylic acids is 2. The van der Waals surface area contributed by atoms with Crippen LogP contribution in [0.4, 0.5) is 5.82 Å². The van der Waals surface area contributed by atoms with Crippen LogP contribution in [0.2, 0.25) is 0 Å². The fourth-order valence-corrected chi connectivity index (χ4v) is 3.26. The topological polar surface area (TPSA) is 148 Å². The molecule has 2 heterocycles. The van der Waals surface area contributed by atoms with Crippen LogP contribution in [0.25, 0.3) is 10.4 Å². The lowest BCUT2D eigenvalue weighted by molar-refractivity contribution is -0.142. The smallest absolute Gasteiger partial charge is 0.351 e. The summed E-state index contributed by atoms with van der Waals surface area (Å²) in [5.74, 6) is -0.971. The van der Waals surface area contributed by atoms with E-state index in [0.717, 1.165) is 0 Å². The zero-order valence-corrected chi connectivity index (χ0v) is 16.2. The van der Waals surface area contributed by atoms with E-state index in [4.69, 9.17) is 15.0 Å². The highest BCUT2D eigenvalue weighted by Crippen LogP contribution is 2.35. The zero-order valence-electron chi connectivity index (χ0n) is 16.2. The fourth-order valence-electron chi connectivity index (χ4n) is 3.26. The molecule has 1 aliphatic rings. The maximum absolute atomic E-state index is 12.5. The van der Waals surface area contributed by atoms with Crippen molar-refractivity contribution in [1.82, 2.24) is 9.55 Å². The quantitative estimate of drug-likeness (QED) is 0.319. The van der Waals surface area contributed by atoms with Crippen molar-refractivity contribution in [2.45, 2.75) is 25.2 Å². The van der Waals surface area contributed by atoms with Gasteiger partial charge in [-0.25, -0.2) is 4.79 Å². The number of esters is 1. The molecule has 156 valence electrons. The molecule has 0 bridgehead atoms. The molecule has 0 spiro atoms. The molecule has 3 atom stereocenters. The normalized spacial score (nSPS) is 20.2. The van der Waals surface area contributed by atoms with Crippen molar-refractivity contribution < 1.29 is 19.1 Å². The van der Waals surface area contributed by atoms with E-state index in [1.54, 1.807) is 30.3 Å². The van der Waals surface area contributed by atoms with Crippen LogP contribution in [0.1, 0.15) is 29.4 Å². The van der Waals surface area contributed by atoms with Gasteiger partial charge in [-0.05, 0) is 30.2 Å². The number of nitrogens with zero attached hydrogens (tertiary/aromatic N) is 5.